The third kappa shape index (κ3) is 3.07. The van der Waals surface area contributed by atoms with E-state index in [2.05, 4.69) is 51.0 Å². The Kier molecular flexibility index (Phi) is 4.42. The molecule has 1 fully saturated rings. The Morgan fingerprint density at radius 1 is 1.29 bits per heavy atom. The van der Waals surface area contributed by atoms with Crippen LogP contribution in [-0.4, -0.2) is 39.6 Å². The first-order chi connectivity index (χ1) is 11.2. The highest BCUT2D eigenvalue weighted by Gasteiger charge is 2.44. The lowest BCUT2D eigenvalue weighted by molar-refractivity contribution is -0.123. The van der Waals surface area contributed by atoms with Gasteiger partial charge >= 0.3 is 0 Å². The van der Waals surface area contributed by atoms with Crippen LogP contribution < -0.4 is 4.90 Å². The number of fused-ring (bicyclic) bond motifs is 1. The number of rotatable bonds is 3. The molecule has 0 N–H and O–H groups in total. The lowest BCUT2D eigenvalue weighted by Gasteiger charge is -2.37. The summed E-state index contributed by atoms with van der Waals surface area (Å²) in [5.74, 6) is 0.121. The third-order valence-electron chi connectivity index (χ3n) is 5.60. The molecule has 1 aromatic rings. The van der Waals surface area contributed by atoms with Crippen molar-refractivity contribution < 1.29 is 9.22 Å². The van der Waals surface area contributed by atoms with E-state index in [4.69, 9.17) is 4.43 Å². The normalized spacial score (nSPS) is 21.3. The zero-order chi connectivity index (χ0) is 17.5. The smallest absolute Gasteiger partial charge is 0.254 e. The van der Waals surface area contributed by atoms with Gasteiger partial charge in [0.05, 0.1) is 0 Å². The lowest BCUT2D eigenvalue weighted by atomic mass is 10.0. The summed E-state index contributed by atoms with van der Waals surface area (Å²) < 4.78 is 6.39. The van der Waals surface area contributed by atoms with E-state index in [0.29, 0.717) is 0 Å². The predicted molar refractivity (Wildman–Crippen MR) is 102 cm³/mol. The number of anilines is 1. The zero-order valence-electron chi connectivity index (χ0n) is 15.4. The van der Waals surface area contributed by atoms with Crippen LogP contribution in [0.5, 0.6) is 0 Å². The number of benzene rings is 1. The van der Waals surface area contributed by atoms with Gasteiger partial charge in [-0.1, -0.05) is 32.9 Å². The molecule has 0 aliphatic carbocycles. The van der Waals surface area contributed by atoms with Gasteiger partial charge in [0.2, 0.25) is 0 Å². The van der Waals surface area contributed by atoms with E-state index < -0.39 is 8.32 Å². The van der Waals surface area contributed by atoms with Crippen molar-refractivity contribution in [1.29, 1.82) is 0 Å². The molecule has 1 atom stereocenters. The minimum absolute atomic E-state index is 0.114. The lowest BCUT2D eigenvalue weighted by Crippen LogP contribution is -2.46. The van der Waals surface area contributed by atoms with Crippen molar-refractivity contribution in [2.45, 2.75) is 57.8 Å². The molecule has 0 bridgehead atoms. The molecular weight excluding hydrogens is 316 g/mol. The number of nitrogens with zero attached hydrogens (tertiary/aromatic N) is 2. The number of hydrogen-bond donors (Lipinski definition) is 0. The van der Waals surface area contributed by atoms with Crippen LogP contribution in [-0.2, 0) is 15.6 Å². The van der Waals surface area contributed by atoms with Gasteiger partial charge in [-0.05, 0) is 48.2 Å². The Morgan fingerprint density at radius 2 is 2.04 bits per heavy atom. The molecule has 0 spiro atoms. The maximum atomic E-state index is 13.0. The van der Waals surface area contributed by atoms with Crippen molar-refractivity contribution in [2.24, 2.45) is 4.99 Å². The summed E-state index contributed by atoms with van der Waals surface area (Å²) in [6.45, 7) is 12.6. The van der Waals surface area contributed by atoms with Crippen LogP contribution in [0.2, 0.25) is 18.1 Å². The highest BCUT2D eigenvalue weighted by atomic mass is 28.4. The minimum atomic E-state index is -1.94. The summed E-state index contributed by atoms with van der Waals surface area (Å²) in [6.07, 6.45) is 3.31. The second kappa shape index (κ2) is 6.12. The van der Waals surface area contributed by atoms with Crippen molar-refractivity contribution in [1.82, 2.24) is 0 Å². The quantitative estimate of drug-likeness (QED) is 0.783. The fraction of sp³-hybridized carbons (Fsp3) is 0.579. The van der Waals surface area contributed by atoms with Crippen LogP contribution in [0.25, 0.3) is 0 Å². The van der Waals surface area contributed by atoms with Gasteiger partial charge in [-0.3, -0.25) is 9.79 Å². The minimum Gasteiger partial charge on any atom is -0.405 e. The Hall–Kier alpha value is -1.46. The maximum Gasteiger partial charge on any atom is 0.254 e. The topological polar surface area (TPSA) is 41.9 Å². The van der Waals surface area contributed by atoms with Crippen molar-refractivity contribution in [2.75, 3.05) is 18.0 Å². The van der Waals surface area contributed by atoms with E-state index in [9.17, 15) is 4.79 Å². The molecule has 5 heteroatoms. The summed E-state index contributed by atoms with van der Waals surface area (Å²) in [5, 5.41) is 0.114. The Labute approximate surface area is 146 Å². The molecule has 1 saturated heterocycles. The van der Waals surface area contributed by atoms with Crippen LogP contribution >= 0.6 is 0 Å². The monoisotopic (exact) mass is 344 g/mol. The van der Waals surface area contributed by atoms with Gasteiger partial charge in [0.25, 0.3) is 5.91 Å². The van der Waals surface area contributed by atoms with E-state index in [1.807, 2.05) is 17.2 Å². The van der Waals surface area contributed by atoms with E-state index in [-0.39, 0.29) is 17.0 Å². The average molecular weight is 345 g/mol. The third-order valence-corrected chi connectivity index (χ3v) is 10.1. The first kappa shape index (κ1) is 17.4. The van der Waals surface area contributed by atoms with Crippen molar-refractivity contribution in [3.05, 3.63) is 29.3 Å². The fourth-order valence-electron chi connectivity index (χ4n) is 3.11. The Morgan fingerprint density at radius 3 is 2.75 bits per heavy atom. The molecule has 2 aliphatic rings. The first-order valence-electron chi connectivity index (χ1n) is 8.81. The van der Waals surface area contributed by atoms with E-state index in [1.165, 1.54) is 5.56 Å². The van der Waals surface area contributed by atoms with Gasteiger partial charge in [-0.25, -0.2) is 0 Å². The summed E-state index contributed by atoms with van der Waals surface area (Å²) in [5.41, 5.74) is 3.43. The number of hydrogen-bond acceptors (Lipinski definition) is 3. The van der Waals surface area contributed by atoms with Crippen LogP contribution in [0, 0.1) is 0 Å². The zero-order valence-corrected chi connectivity index (χ0v) is 16.4. The molecule has 1 amide bonds. The summed E-state index contributed by atoms with van der Waals surface area (Å²) in [4.78, 5) is 19.3. The van der Waals surface area contributed by atoms with Crippen LogP contribution in [0.15, 0.2) is 23.2 Å². The largest absolute Gasteiger partial charge is 0.405 e. The van der Waals surface area contributed by atoms with Gasteiger partial charge in [-0.2, -0.15) is 0 Å². The predicted octanol–water partition coefficient (Wildman–Crippen LogP) is 3.79. The maximum absolute atomic E-state index is 13.0. The second-order valence-corrected chi connectivity index (χ2v) is 13.0. The molecule has 130 valence electrons. The molecule has 2 heterocycles. The van der Waals surface area contributed by atoms with Gasteiger partial charge in [-0.15, -0.1) is 0 Å². The molecule has 0 aromatic heterocycles. The van der Waals surface area contributed by atoms with Crippen LogP contribution in [0.3, 0.4) is 0 Å². The molecule has 3 rings (SSSR count). The highest BCUT2D eigenvalue weighted by Crippen LogP contribution is 2.39. The van der Waals surface area contributed by atoms with E-state index in [0.717, 1.165) is 37.2 Å². The molecule has 1 aromatic carbocycles. The molecule has 2 aliphatic heterocycles. The van der Waals surface area contributed by atoms with Gasteiger partial charge < -0.3 is 9.33 Å². The number of carbonyl (C=O) groups is 1. The Bertz CT molecular complexity index is 676. The molecule has 0 saturated carbocycles. The molecule has 24 heavy (non-hydrogen) atoms. The standard InChI is InChI=1S/C19H28N2O2Si/c1-19(2,3)24(4,5)23-17-10-12-21(18(17)22)16-8-6-7-14-13-20-11-9-15(14)16/h6-8,13,17H,9-12H2,1-5H3/t17-/m0/s1. The molecule has 0 radical (unpaired) electrons. The van der Waals surface area contributed by atoms with Gasteiger partial charge in [0.1, 0.15) is 6.10 Å². The molecule has 0 unspecified atom stereocenters. The van der Waals surface area contributed by atoms with Crippen LogP contribution in [0.1, 0.15) is 38.3 Å². The highest BCUT2D eigenvalue weighted by molar-refractivity contribution is 6.74. The van der Waals surface area contributed by atoms with Crippen molar-refractivity contribution in [3.8, 4) is 0 Å². The summed E-state index contributed by atoms with van der Waals surface area (Å²) in [6, 6.07) is 6.15. The summed E-state index contributed by atoms with van der Waals surface area (Å²) in [7, 11) is -1.94. The summed E-state index contributed by atoms with van der Waals surface area (Å²) >= 11 is 0. The van der Waals surface area contributed by atoms with E-state index in [1.54, 1.807) is 0 Å². The second-order valence-electron chi connectivity index (χ2n) is 8.28. The Balaban J connectivity index is 1.82. The fourth-order valence-corrected chi connectivity index (χ4v) is 4.40. The number of amides is 1. The molecular formula is C19H28N2O2Si. The van der Waals surface area contributed by atoms with Gasteiger partial charge in [0.15, 0.2) is 8.32 Å². The first-order valence-corrected chi connectivity index (χ1v) is 11.7. The van der Waals surface area contributed by atoms with Crippen molar-refractivity contribution >= 4 is 26.1 Å². The average Bonchev–Trinajstić information content (AvgIpc) is 2.86. The number of aliphatic imine (C=N–C) groups is 1. The van der Waals surface area contributed by atoms with E-state index >= 15 is 0 Å². The van der Waals surface area contributed by atoms with Crippen molar-refractivity contribution in [3.63, 3.8) is 0 Å². The number of carbonyl (C=O) groups excluding carboxylic acids is 1. The van der Waals surface area contributed by atoms with Gasteiger partial charge in [0, 0.05) is 25.0 Å². The SMILES string of the molecule is CC(C)(C)[Si](C)(C)O[C@H]1CCN(c2cccc3c2CCN=C3)C1=O. The van der Waals surface area contributed by atoms with Crippen LogP contribution in [0.4, 0.5) is 5.69 Å². The molecule has 4 nitrogen and oxygen atoms in total.